The maximum Gasteiger partial charge on any atom is 0.154 e. The van der Waals surface area contributed by atoms with Crippen molar-refractivity contribution in [1.82, 2.24) is 4.90 Å². The highest BCUT2D eigenvalue weighted by Crippen LogP contribution is 2.24. The van der Waals surface area contributed by atoms with Crippen LogP contribution in [0.25, 0.3) is 0 Å². The van der Waals surface area contributed by atoms with Gasteiger partial charge in [-0.25, -0.2) is 0 Å². The van der Waals surface area contributed by atoms with E-state index in [2.05, 4.69) is 16.9 Å². The van der Waals surface area contributed by atoms with Crippen LogP contribution in [0, 0.1) is 12.0 Å². The van der Waals surface area contributed by atoms with Crippen molar-refractivity contribution in [1.29, 1.82) is 0 Å². The molecular weight excluding hydrogens is 198 g/mol. The monoisotopic (exact) mass is 219 g/mol. The Morgan fingerprint density at radius 2 is 1.88 bits per heavy atom. The third kappa shape index (κ3) is 3.73. The van der Waals surface area contributed by atoms with E-state index in [9.17, 15) is 4.79 Å². The molecule has 2 nitrogen and oxygen atoms in total. The molecule has 1 aliphatic carbocycles. The second kappa shape index (κ2) is 6.37. The standard InChI is InChI=1S/C14H21NO/c1-4-10-15(12(2)11-13(3)16)14-8-6-5-7-9-14/h11,14H,5-9H2,1-3H3/b12-11-. The zero-order valence-electron chi connectivity index (χ0n) is 10.5. The van der Waals surface area contributed by atoms with E-state index in [0.717, 1.165) is 5.70 Å². The van der Waals surface area contributed by atoms with Gasteiger partial charge in [-0.15, -0.1) is 0 Å². The van der Waals surface area contributed by atoms with Gasteiger partial charge in [0.05, 0.1) is 0 Å². The predicted octanol–water partition coefficient (Wildman–Crippen LogP) is 3.09. The van der Waals surface area contributed by atoms with Gasteiger partial charge in [0.1, 0.15) is 0 Å². The lowest BCUT2D eigenvalue weighted by Gasteiger charge is -2.31. The fourth-order valence-corrected chi connectivity index (χ4v) is 2.29. The Labute approximate surface area is 98.7 Å². The Morgan fingerprint density at radius 3 is 2.38 bits per heavy atom. The molecule has 0 unspecified atom stereocenters. The van der Waals surface area contributed by atoms with E-state index in [4.69, 9.17) is 0 Å². The lowest BCUT2D eigenvalue weighted by Crippen LogP contribution is -2.31. The molecule has 2 heteroatoms. The van der Waals surface area contributed by atoms with Gasteiger partial charge in [0.25, 0.3) is 0 Å². The van der Waals surface area contributed by atoms with Crippen molar-refractivity contribution in [3.8, 4) is 12.0 Å². The highest BCUT2D eigenvalue weighted by atomic mass is 16.1. The fraction of sp³-hybridized carbons (Fsp3) is 0.643. The average molecular weight is 219 g/mol. The van der Waals surface area contributed by atoms with Crippen LogP contribution in [0.3, 0.4) is 0 Å². The average Bonchev–Trinajstić information content (AvgIpc) is 2.26. The molecule has 0 atom stereocenters. The van der Waals surface area contributed by atoms with Crippen molar-refractivity contribution in [2.45, 2.75) is 58.9 Å². The Hall–Kier alpha value is -1.23. The molecule has 0 aromatic carbocycles. The van der Waals surface area contributed by atoms with Gasteiger partial charge in [0, 0.05) is 23.9 Å². The molecule has 1 saturated carbocycles. The summed E-state index contributed by atoms with van der Waals surface area (Å²) in [6, 6.07) is 3.62. The second-order valence-corrected chi connectivity index (χ2v) is 4.42. The van der Waals surface area contributed by atoms with Crippen molar-refractivity contribution in [2.24, 2.45) is 0 Å². The summed E-state index contributed by atoms with van der Waals surface area (Å²) < 4.78 is 0. The minimum Gasteiger partial charge on any atom is -0.303 e. The molecule has 1 rings (SSSR count). The van der Waals surface area contributed by atoms with Crippen molar-refractivity contribution >= 4 is 5.78 Å². The van der Waals surface area contributed by atoms with Gasteiger partial charge in [0.15, 0.2) is 5.78 Å². The highest BCUT2D eigenvalue weighted by molar-refractivity contribution is 5.87. The first-order valence-corrected chi connectivity index (χ1v) is 6.05. The van der Waals surface area contributed by atoms with Crippen LogP contribution in [-0.4, -0.2) is 16.7 Å². The zero-order valence-corrected chi connectivity index (χ0v) is 10.5. The van der Waals surface area contributed by atoms with Crippen LogP contribution >= 0.6 is 0 Å². The molecule has 0 saturated heterocycles. The third-order valence-electron chi connectivity index (χ3n) is 2.96. The van der Waals surface area contributed by atoms with Crippen LogP contribution in [0.15, 0.2) is 11.8 Å². The summed E-state index contributed by atoms with van der Waals surface area (Å²) in [5.41, 5.74) is 0.980. The predicted molar refractivity (Wildman–Crippen MR) is 66.6 cm³/mol. The van der Waals surface area contributed by atoms with Crippen LogP contribution in [0.5, 0.6) is 0 Å². The minimum atomic E-state index is 0.0937. The zero-order chi connectivity index (χ0) is 12.0. The summed E-state index contributed by atoms with van der Waals surface area (Å²) in [7, 11) is 0. The van der Waals surface area contributed by atoms with Gasteiger partial charge in [-0.05, 0) is 33.6 Å². The molecule has 1 aliphatic rings. The van der Waals surface area contributed by atoms with E-state index in [1.165, 1.54) is 32.1 Å². The number of allylic oxidation sites excluding steroid dienone is 2. The van der Waals surface area contributed by atoms with Gasteiger partial charge < -0.3 is 4.90 Å². The van der Waals surface area contributed by atoms with Crippen LogP contribution in [0.2, 0.25) is 0 Å². The summed E-state index contributed by atoms with van der Waals surface area (Å²) in [5.74, 6) is 3.04. The maximum atomic E-state index is 11.1. The van der Waals surface area contributed by atoms with E-state index < -0.39 is 0 Å². The number of rotatable bonds is 3. The summed E-state index contributed by atoms with van der Waals surface area (Å²) in [6.45, 7) is 5.40. The van der Waals surface area contributed by atoms with Crippen molar-refractivity contribution in [3.05, 3.63) is 11.8 Å². The number of nitrogens with zero attached hydrogens (tertiary/aromatic N) is 1. The smallest absolute Gasteiger partial charge is 0.154 e. The summed E-state index contributed by atoms with van der Waals surface area (Å²) >= 11 is 0. The number of ketones is 1. The molecule has 0 aliphatic heterocycles. The Kier molecular flexibility index (Phi) is 5.11. The van der Waals surface area contributed by atoms with Gasteiger partial charge >= 0.3 is 0 Å². The van der Waals surface area contributed by atoms with E-state index in [1.807, 2.05) is 13.8 Å². The third-order valence-corrected chi connectivity index (χ3v) is 2.96. The summed E-state index contributed by atoms with van der Waals surface area (Å²) in [5, 5.41) is 0. The summed E-state index contributed by atoms with van der Waals surface area (Å²) in [4.78, 5) is 13.2. The van der Waals surface area contributed by atoms with Gasteiger partial charge in [-0.3, -0.25) is 4.79 Å². The Morgan fingerprint density at radius 1 is 1.25 bits per heavy atom. The number of hydrogen-bond donors (Lipinski definition) is 0. The molecule has 0 aromatic rings. The van der Waals surface area contributed by atoms with Crippen LogP contribution < -0.4 is 0 Å². The van der Waals surface area contributed by atoms with Crippen LogP contribution in [0.4, 0.5) is 0 Å². The normalized spacial score (nSPS) is 17.6. The van der Waals surface area contributed by atoms with Crippen molar-refractivity contribution < 1.29 is 4.79 Å². The second-order valence-electron chi connectivity index (χ2n) is 4.42. The fourth-order valence-electron chi connectivity index (χ4n) is 2.29. The SMILES string of the molecule is CC#CN(/C(C)=C\C(C)=O)C1CCCCC1. The largest absolute Gasteiger partial charge is 0.303 e. The lowest BCUT2D eigenvalue weighted by atomic mass is 9.94. The van der Waals surface area contributed by atoms with E-state index in [1.54, 1.807) is 13.0 Å². The first-order chi connectivity index (χ1) is 7.65. The van der Waals surface area contributed by atoms with Gasteiger partial charge in [-0.2, -0.15) is 0 Å². The van der Waals surface area contributed by atoms with Gasteiger partial charge in [0.2, 0.25) is 0 Å². The maximum absolute atomic E-state index is 11.1. The molecule has 1 fully saturated rings. The molecular formula is C14H21NO. The topological polar surface area (TPSA) is 20.3 Å². The molecule has 0 bridgehead atoms. The van der Waals surface area contributed by atoms with Crippen molar-refractivity contribution in [3.63, 3.8) is 0 Å². The summed E-state index contributed by atoms with van der Waals surface area (Å²) in [6.07, 6.45) is 7.95. The lowest BCUT2D eigenvalue weighted by molar-refractivity contribution is -0.112. The minimum absolute atomic E-state index is 0.0937. The molecule has 88 valence electrons. The first-order valence-electron chi connectivity index (χ1n) is 6.05. The van der Waals surface area contributed by atoms with E-state index in [0.29, 0.717) is 6.04 Å². The molecule has 0 amide bonds. The van der Waals surface area contributed by atoms with E-state index >= 15 is 0 Å². The molecule has 0 N–H and O–H groups in total. The number of carbonyl (C=O) groups excluding carboxylic acids is 1. The van der Waals surface area contributed by atoms with Crippen molar-refractivity contribution in [2.75, 3.05) is 0 Å². The number of carbonyl (C=O) groups is 1. The first kappa shape index (κ1) is 12.8. The molecule has 16 heavy (non-hydrogen) atoms. The van der Waals surface area contributed by atoms with Crippen LogP contribution in [-0.2, 0) is 4.79 Å². The Bertz CT molecular complexity index is 326. The highest BCUT2D eigenvalue weighted by Gasteiger charge is 2.20. The van der Waals surface area contributed by atoms with Crippen LogP contribution in [0.1, 0.15) is 52.9 Å². The van der Waals surface area contributed by atoms with Gasteiger partial charge in [-0.1, -0.05) is 25.2 Å². The Balaban J connectivity index is 2.79. The molecule has 0 radical (unpaired) electrons. The number of hydrogen-bond acceptors (Lipinski definition) is 2. The molecule has 0 spiro atoms. The van der Waals surface area contributed by atoms with E-state index in [-0.39, 0.29) is 5.78 Å². The molecule has 0 heterocycles. The quantitative estimate of drug-likeness (QED) is 0.413. The molecule has 0 aromatic heterocycles.